The van der Waals surface area contributed by atoms with Gasteiger partial charge in [-0.05, 0) is 31.4 Å². The number of aliphatic hydroxyl groups excluding tert-OH is 1. The van der Waals surface area contributed by atoms with Crippen molar-refractivity contribution in [1.82, 2.24) is 0 Å². The van der Waals surface area contributed by atoms with Crippen molar-refractivity contribution in [3.63, 3.8) is 0 Å². The molecule has 0 rings (SSSR count). The molecule has 3 heteroatoms. The van der Waals surface area contributed by atoms with E-state index < -0.39 is 0 Å². The van der Waals surface area contributed by atoms with Gasteiger partial charge in [0.25, 0.3) is 0 Å². The highest BCUT2D eigenvalue weighted by Crippen LogP contribution is 2.08. The van der Waals surface area contributed by atoms with E-state index in [2.05, 4.69) is 17.9 Å². The molecule has 3 nitrogen and oxygen atoms in total. The number of carbonyl (C=O) groups excluding carboxylic acids is 1. The average molecular weight is 318 g/mol. The summed E-state index contributed by atoms with van der Waals surface area (Å²) in [5.41, 5.74) is 0. The van der Waals surface area contributed by atoms with Crippen LogP contribution < -0.4 is 0 Å². The first kappa shape index (κ1) is 21.0. The molecule has 0 aromatic heterocycles. The van der Waals surface area contributed by atoms with Crippen LogP contribution in [0.15, 0.2) is 36.6 Å². The highest BCUT2D eigenvalue weighted by Gasteiger charge is 1.94. The SMILES string of the molecule is CC(=O)OCCCCCCCCCC=CC#CCC=CC=CO. The summed E-state index contributed by atoms with van der Waals surface area (Å²) in [5.74, 6) is 5.83. The summed E-state index contributed by atoms with van der Waals surface area (Å²) >= 11 is 0. The van der Waals surface area contributed by atoms with E-state index >= 15 is 0 Å². The number of carbonyl (C=O) groups is 1. The second-order valence-corrected chi connectivity index (χ2v) is 5.30. The largest absolute Gasteiger partial charge is 0.516 e. The van der Waals surface area contributed by atoms with E-state index in [0.29, 0.717) is 13.0 Å². The van der Waals surface area contributed by atoms with Gasteiger partial charge in [0.05, 0.1) is 12.9 Å². The Labute approximate surface area is 141 Å². The van der Waals surface area contributed by atoms with Gasteiger partial charge in [-0.2, -0.15) is 0 Å². The van der Waals surface area contributed by atoms with Crippen LogP contribution >= 0.6 is 0 Å². The topological polar surface area (TPSA) is 46.5 Å². The van der Waals surface area contributed by atoms with Crippen molar-refractivity contribution >= 4 is 5.97 Å². The number of rotatable bonds is 12. The molecule has 0 atom stereocenters. The molecule has 0 aliphatic carbocycles. The van der Waals surface area contributed by atoms with Crippen molar-refractivity contribution in [2.45, 2.75) is 64.7 Å². The van der Waals surface area contributed by atoms with Crippen LogP contribution in [-0.4, -0.2) is 17.7 Å². The molecule has 0 radical (unpaired) electrons. The molecule has 0 aliphatic rings. The van der Waals surface area contributed by atoms with E-state index in [0.717, 1.165) is 25.5 Å². The minimum Gasteiger partial charge on any atom is -0.516 e. The predicted molar refractivity (Wildman–Crippen MR) is 96.0 cm³/mol. The van der Waals surface area contributed by atoms with Gasteiger partial charge in [-0.15, -0.1) is 0 Å². The van der Waals surface area contributed by atoms with Gasteiger partial charge in [-0.3, -0.25) is 4.79 Å². The van der Waals surface area contributed by atoms with Gasteiger partial charge in [0.1, 0.15) is 0 Å². The van der Waals surface area contributed by atoms with Crippen molar-refractivity contribution in [3.8, 4) is 11.8 Å². The fourth-order valence-electron chi connectivity index (χ4n) is 1.98. The normalized spacial score (nSPS) is 11.2. The Kier molecular flexibility index (Phi) is 16.6. The first-order valence-electron chi connectivity index (χ1n) is 8.50. The standard InChI is InChI=1S/C20H30O3/c1-20(22)23-19-17-15-13-11-9-7-5-3-2-4-6-8-10-12-14-16-18-21/h2,4,12,14,16,18,21H,3,5,7,9-11,13,15,17,19H2,1H3. The van der Waals surface area contributed by atoms with E-state index in [1.54, 1.807) is 12.2 Å². The monoisotopic (exact) mass is 318 g/mol. The lowest BCUT2D eigenvalue weighted by atomic mass is 10.1. The van der Waals surface area contributed by atoms with Crippen LogP contribution in [0.3, 0.4) is 0 Å². The summed E-state index contributed by atoms with van der Waals surface area (Å²) in [4.78, 5) is 10.6. The smallest absolute Gasteiger partial charge is 0.302 e. The molecule has 0 saturated heterocycles. The third-order valence-electron chi connectivity index (χ3n) is 3.18. The van der Waals surface area contributed by atoms with Crippen molar-refractivity contribution in [2.75, 3.05) is 6.61 Å². The minimum atomic E-state index is -0.182. The summed E-state index contributed by atoms with van der Waals surface area (Å²) in [7, 11) is 0. The van der Waals surface area contributed by atoms with Crippen molar-refractivity contribution in [1.29, 1.82) is 0 Å². The molecule has 0 aliphatic heterocycles. The van der Waals surface area contributed by atoms with Crippen molar-refractivity contribution in [3.05, 3.63) is 36.6 Å². The molecule has 0 aromatic carbocycles. The molecule has 0 saturated carbocycles. The Morgan fingerprint density at radius 3 is 2.39 bits per heavy atom. The maximum atomic E-state index is 10.6. The number of hydrogen-bond donors (Lipinski definition) is 1. The second-order valence-electron chi connectivity index (χ2n) is 5.30. The van der Waals surface area contributed by atoms with E-state index in [9.17, 15) is 4.79 Å². The number of esters is 1. The lowest BCUT2D eigenvalue weighted by molar-refractivity contribution is -0.141. The molecule has 0 aromatic rings. The highest BCUT2D eigenvalue weighted by atomic mass is 16.5. The number of allylic oxidation sites excluding steroid dienone is 5. The van der Waals surface area contributed by atoms with E-state index in [-0.39, 0.29) is 5.97 Å². The van der Waals surface area contributed by atoms with Gasteiger partial charge < -0.3 is 9.84 Å². The summed E-state index contributed by atoms with van der Waals surface area (Å²) < 4.78 is 4.89. The zero-order valence-electron chi connectivity index (χ0n) is 14.3. The van der Waals surface area contributed by atoms with Crippen LogP contribution in [-0.2, 0) is 9.53 Å². The van der Waals surface area contributed by atoms with Gasteiger partial charge in [-0.25, -0.2) is 0 Å². The first-order chi connectivity index (χ1) is 11.3. The Bertz CT molecular complexity index is 422. The summed E-state index contributed by atoms with van der Waals surface area (Å²) in [6, 6.07) is 0. The van der Waals surface area contributed by atoms with E-state index in [4.69, 9.17) is 9.84 Å². The van der Waals surface area contributed by atoms with Gasteiger partial charge in [0.15, 0.2) is 0 Å². The van der Waals surface area contributed by atoms with E-state index in [1.807, 2.05) is 12.2 Å². The number of hydrogen-bond acceptors (Lipinski definition) is 3. The van der Waals surface area contributed by atoms with Gasteiger partial charge in [-0.1, -0.05) is 62.2 Å². The molecule has 1 N–H and O–H groups in total. The quantitative estimate of drug-likeness (QED) is 0.176. The fraction of sp³-hybridized carbons (Fsp3) is 0.550. The van der Waals surface area contributed by atoms with Gasteiger partial charge in [0, 0.05) is 13.3 Å². The van der Waals surface area contributed by atoms with Crippen molar-refractivity contribution < 1.29 is 14.6 Å². The minimum absolute atomic E-state index is 0.182. The van der Waals surface area contributed by atoms with E-state index in [1.165, 1.54) is 39.0 Å². The zero-order valence-corrected chi connectivity index (χ0v) is 14.3. The second kappa shape index (κ2) is 18.1. The van der Waals surface area contributed by atoms with Gasteiger partial charge >= 0.3 is 5.97 Å². The molecule has 0 bridgehead atoms. The van der Waals surface area contributed by atoms with Crippen LogP contribution in [0.1, 0.15) is 64.7 Å². The number of aliphatic hydroxyl groups is 1. The van der Waals surface area contributed by atoms with Crippen LogP contribution in [0.5, 0.6) is 0 Å². The maximum Gasteiger partial charge on any atom is 0.302 e. The summed E-state index contributed by atoms with van der Waals surface area (Å²) in [6.45, 7) is 2.02. The summed E-state index contributed by atoms with van der Waals surface area (Å²) in [5, 5.41) is 8.41. The lowest BCUT2D eigenvalue weighted by Gasteiger charge is -2.02. The third-order valence-corrected chi connectivity index (χ3v) is 3.18. The number of unbranched alkanes of at least 4 members (excludes halogenated alkanes) is 7. The van der Waals surface area contributed by atoms with Gasteiger partial charge in [0.2, 0.25) is 0 Å². The fourth-order valence-corrected chi connectivity index (χ4v) is 1.98. The molecule has 23 heavy (non-hydrogen) atoms. The van der Waals surface area contributed by atoms with Crippen LogP contribution in [0, 0.1) is 11.8 Å². The Morgan fingerprint density at radius 2 is 1.70 bits per heavy atom. The highest BCUT2D eigenvalue weighted by molar-refractivity contribution is 5.65. The molecular formula is C20H30O3. The Hall–Kier alpha value is -1.95. The van der Waals surface area contributed by atoms with Crippen LogP contribution in [0.4, 0.5) is 0 Å². The molecule has 0 unspecified atom stereocenters. The average Bonchev–Trinajstić information content (AvgIpc) is 2.53. The zero-order chi connectivity index (χ0) is 17.0. The van der Waals surface area contributed by atoms with Crippen LogP contribution in [0.2, 0.25) is 0 Å². The van der Waals surface area contributed by atoms with Crippen LogP contribution in [0.25, 0.3) is 0 Å². The molecular weight excluding hydrogens is 288 g/mol. The lowest BCUT2D eigenvalue weighted by Crippen LogP contribution is -1.99. The molecule has 0 spiro atoms. The number of ether oxygens (including phenoxy) is 1. The molecule has 0 amide bonds. The van der Waals surface area contributed by atoms with Crippen molar-refractivity contribution in [2.24, 2.45) is 0 Å². The first-order valence-corrected chi connectivity index (χ1v) is 8.50. The Balaban J connectivity index is 3.28. The molecule has 128 valence electrons. The molecule has 0 fully saturated rings. The maximum absolute atomic E-state index is 10.6. The molecule has 0 heterocycles. The predicted octanol–water partition coefficient (Wildman–Crippen LogP) is 5.25. The Morgan fingerprint density at radius 1 is 1.00 bits per heavy atom. The third kappa shape index (κ3) is 20.1. The summed E-state index contributed by atoms with van der Waals surface area (Å²) in [6.07, 6.45) is 20.4.